The summed E-state index contributed by atoms with van der Waals surface area (Å²) in [6.45, 7) is 0. The van der Waals surface area contributed by atoms with Crippen molar-refractivity contribution >= 4 is 35.1 Å². The average molecular weight is 515 g/mol. The number of benzene rings is 4. The van der Waals surface area contributed by atoms with Gasteiger partial charge in [-0.1, -0.05) is 54.6 Å². The maximum Gasteiger partial charge on any atom is 0.335 e. The number of hydrogen-bond donors (Lipinski definition) is 2. The van der Waals surface area contributed by atoms with Gasteiger partial charge in [-0.05, 0) is 64.7 Å². The smallest absolute Gasteiger partial charge is 0.335 e. The van der Waals surface area contributed by atoms with Crippen molar-refractivity contribution < 1.29 is 24.3 Å². The third kappa shape index (κ3) is 3.36. The first kappa shape index (κ1) is 23.1. The lowest BCUT2D eigenvalue weighted by Crippen LogP contribution is -2.41. The van der Waals surface area contributed by atoms with E-state index in [2.05, 4.69) is 29.6 Å². The molecule has 0 spiro atoms. The largest absolute Gasteiger partial charge is 0.478 e. The molecule has 0 unspecified atom stereocenters. The fourth-order valence-electron chi connectivity index (χ4n) is 6.62. The highest BCUT2D eigenvalue weighted by molar-refractivity contribution is 6.23. The van der Waals surface area contributed by atoms with Gasteiger partial charge in [0.2, 0.25) is 11.8 Å². The molecule has 2 bridgehead atoms. The summed E-state index contributed by atoms with van der Waals surface area (Å²) >= 11 is 0. The van der Waals surface area contributed by atoms with E-state index in [1.165, 1.54) is 29.2 Å². The third-order valence-electron chi connectivity index (χ3n) is 8.20. The van der Waals surface area contributed by atoms with Crippen LogP contribution >= 0.6 is 0 Å². The van der Waals surface area contributed by atoms with E-state index in [0.717, 1.165) is 22.3 Å². The van der Waals surface area contributed by atoms with E-state index >= 15 is 0 Å². The Morgan fingerprint density at radius 2 is 1.15 bits per heavy atom. The molecule has 4 aromatic rings. The van der Waals surface area contributed by atoms with Crippen LogP contribution in [-0.4, -0.2) is 28.8 Å². The number of carbonyl (C=O) groups is 4. The first-order valence-electron chi connectivity index (χ1n) is 12.7. The summed E-state index contributed by atoms with van der Waals surface area (Å²) in [4.78, 5) is 53.3. The van der Waals surface area contributed by atoms with Crippen molar-refractivity contribution in [2.24, 2.45) is 11.8 Å². The van der Waals surface area contributed by atoms with Crippen molar-refractivity contribution in [1.82, 2.24) is 0 Å². The molecule has 3 amide bonds. The third-order valence-corrected chi connectivity index (χ3v) is 8.20. The lowest BCUT2D eigenvalue weighted by molar-refractivity contribution is -0.122. The number of carboxylic acid groups (broad SMARTS) is 1. The van der Waals surface area contributed by atoms with E-state index in [9.17, 15) is 19.2 Å². The van der Waals surface area contributed by atoms with Gasteiger partial charge in [0.1, 0.15) is 0 Å². The fourth-order valence-corrected chi connectivity index (χ4v) is 6.62. The van der Waals surface area contributed by atoms with Crippen LogP contribution in [0.25, 0.3) is 0 Å². The molecule has 7 nitrogen and oxygen atoms in total. The SMILES string of the molecule is O=C(O)c1ccc(NC(=O)c2cccc(N3C(=O)[C@@H]4C5c6ccccc6C(c6ccccc65)[C@@H]4C3=O)c2)cc1. The van der Waals surface area contributed by atoms with Gasteiger partial charge in [-0.3, -0.25) is 14.4 Å². The van der Waals surface area contributed by atoms with E-state index < -0.39 is 23.7 Å². The summed E-state index contributed by atoms with van der Waals surface area (Å²) in [6, 6.07) is 28.5. The maximum absolute atomic E-state index is 14.0. The molecule has 0 radical (unpaired) electrons. The predicted molar refractivity (Wildman–Crippen MR) is 144 cm³/mol. The zero-order chi connectivity index (χ0) is 26.8. The van der Waals surface area contributed by atoms with Crippen LogP contribution in [0.5, 0.6) is 0 Å². The van der Waals surface area contributed by atoms with E-state index in [4.69, 9.17) is 5.11 Å². The highest BCUT2D eigenvalue weighted by atomic mass is 16.4. The van der Waals surface area contributed by atoms with Crippen LogP contribution in [0.2, 0.25) is 0 Å². The normalized spacial score (nSPS) is 22.2. The molecule has 1 heterocycles. The lowest BCUT2D eigenvalue weighted by atomic mass is 9.55. The summed E-state index contributed by atoms with van der Waals surface area (Å²) < 4.78 is 0. The molecule has 2 N–H and O–H groups in total. The van der Waals surface area contributed by atoms with Crippen molar-refractivity contribution in [2.45, 2.75) is 11.8 Å². The van der Waals surface area contributed by atoms with Crippen LogP contribution in [0, 0.1) is 11.8 Å². The number of anilines is 2. The Morgan fingerprint density at radius 1 is 0.641 bits per heavy atom. The number of carboxylic acids is 1. The minimum absolute atomic E-state index is 0.112. The quantitative estimate of drug-likeness (QED) is 0.372. The first-order chi connectivity index (χ1) is 18.9. The molecule has 0 saturated carbocycles. The van der Waals surface area contributed by atoms with Gasteiger partial charge in [-0.25, -0.2) is 9.69 Å². The molecule has 1 aliphatic heterocycles. The van der Waals surface area contributed by atoms with Crippen molar-refractivity contribution in [3.8, 4) is 0 Å². The highest BCUT2D eigenvalue weighted by Crippen LogP contribution is 2.61. The Morgan fingerprint density at radius 3 is 1.64 bits per heavy atom. The van der Waals surface area contributed by atoms with Crippen molar-refractivity contribution in [3.63, 3.8) is 0 Å². The van der Waals surface area contributed by atoms with Gasteiger partial charge in [0.05, 0.1) is 23.1 Å². The molecular formula is C32H22N2O5. The van der Waals surface area contributed by atoms with Crippen LogP contribution in [0.4, 0.5) is 11.4 Å². The highest BCUT2D eigenvalue weighted by Gasteiger charge is 2.61. The minimum atomic E-state index is -1.05. The molecule has 39 heavy (non-hydrogen) atoms. The molecular weight excluding hydrogens is 492 g/mol. The first-order valence-corrected chi connectivity index (χ1v) is 12.7. The topological polar surface area (TPSA) is 104 Å². The number of carbonyl (C=O) groups excluding carboxylic acids is 3. The van der Waals surface area contributed by atoms with Gasteiger partial charge in [-0.15, -0.1) is 0 Å². The van der Waals surface area contributed by atoms with Crippen LogP contribution in [-0.2, 0) is 9.59 Å². The molecule has 0 aromatic heterocycles. The molecule has 8 rings (SSSR count). The van der Waals surface area contributed by atoms with Crippen molar-refractivity contribution in [3.05, 3.63) is 130 Å². The summed E-state index contributed by atoms with van der Waals surface area (Å²) in [5.41, 5.74) is 5.60. The van der Waals surface area contributed by atoms with E-state index in [-0.39, 0.29) is 34.8 Å². The van der Waals surface area contributed by atoms with Crippen LogP contribution < -0.4 is 10.2 Å². The second-order valence-electron chi connectivity index (χ2n) is 10.2. The summed E-state index contributed by atoms with van der Waals surface area (Å²) in [7, 11) is 0. The van der Waals surface area contributed by atoms with Gasteiger partial charge in [-0.2, -0.15) is 0 Å². The number of imide groups is 1. The molecule has 3 aliphatic carbocycles. The predicted octanol–water partition coefficient (Wildman–Crippen LogP) is 5.03. The van der Waals surface area contributed by atoms with Gasteiger partial charge < -0.3 is 10.4 Å². The Labute approximate surface area is 223 Å². The fraction of sp³-hybridized carbons (Fsp3) is 0.125. The zero-order valence-corrected chi connectivity index (χ0v) is 20.6. The van der Waals surface area contributed by atoms with Crippen LogP contribution in [0.15, 0.2) is 97.1 Å². The van der Waals surface area contributed by atoms with Gasteiger partial charge >= 0.3 is 5.97 Å². The zero-order valence-electron chi connectivity index (χ0n) is 20.6. The number of nitrogens with one attached hydrogen (secondary N) is 1. The van der Waals surface area contributed by atoms with Crippen molar-refractivity contribution in [2.75, 3.05) is 10.2 Å². The molecule has 4 aromatic carbocycles. The summed E-state index contributed by atoms with van der Waals surface area (Å²) in [6.07, 6.45) is 0. The molecule has 1 fully saturated rings. The Kier molecular flexibility index (Phi) is 5.03. The Bertz CT molecular complexity index is 1590. The summed E-state index contributed by atoms with van der Waals surface area (Å²) in [5, 5.41) is 11.8. The second-order valence-corrected chi connectivity index (χ2v) is 10.2. The summed E-state index contributed by atoms with van der Waals surface area (Å²) in [5.74, 6) is -3.38. The van der Waals surface area contributed by atoms with Crippen LogP contribution in [0.3, 0.4) is 0 Å². The van der Waals surface area contributed by atoms with Crippen molar-refractivity contribution in [1.29, 1.82) is 0 Å². The molecule has 7 heteroatoms. The molecule has 4 aliphatic rings. The second kappa shape index (κ2) is 8.49. The van der Waals surface area contributed by atoms with E-state index in [1.807, 2.05) is 24.3 Å². The van der Waals surface area contributed by atoms with Crippen LogP contribution in [0.1, 0.15) is 54.8 Å². The van der Waals surface area contributed by atoms with E-state index in [1.54, 1.807) is 24.3 Å². The number of hydrogen-bond acceptors (Lipinski definition) is 4. The molecule has 190 valence electrons. The number of aromatic carboxylic acids is 1. The standard InChI is InChI=1S/C32H22N2O5/c35-29(33-19-14-12-17(13-15-19)32(38)39)18-6-5-7-20(16-18)34-30(36)27-25-21-8-1-2-9-22(21)26(28(27)31(34)37)24-11-4-3-10-23(24)25/h1-16,25-28H,(H,33,35)(H,38,39)/t25?,26?,27-,28+. The Hall–Kier alpha value is -5.04. The number of nitrogens with zero attached hydrogens (tertiary/aromatic N) is 1. The monoisotopic (exact) mass is 514 g/mol. The van der Waals surface area contributed by atoms with E-state index in [0.29, 0.717) is 11.4 Å². The number of amides is 3. The molecule has 1 saturated heterocycles. The Balaban J connectivity index is 1.22. The average Bonchev–Trinajstić information content (AvgIpc) is 3.23. The van der Waals surface area contributed by atoms with Gasteiger partial charge in [0.15, 0.2) is 0 Å². The number of rotatable bonds is 4. The van der Waals surface area contributed by atoms with Gasteiger partial charge in [0, 0.05) is 23.1 Å². The minimum Gasteiger partial charge on any atom is -0.478 e. The lowest BCUT2D eigenvalue weighted by Gasteiger charge is -2.45. The molecule has 2 atom stereocenters. The maximum atomic E-state index is 14.0. The van der Waals surface area contributed by atoms with Gasteiger partial charge in [0.25, 0.3) is 5.91 Å².